The maximum atomic E-state index is 13.1. The van der Waals surface area contributed by atoms with E-state index in [9.17, 15) is 4.79 Å². The van der Waals surface area contributed by atoms with Crippen LogP contribution in [0.25, 0.3) is 6.08 Å². The molecule has 0 N–H and O–H groups in total. The third kappa shape index (κ3) is 5.52. The van der Waals surface area contributed by atoms with Gasteiger partial charge in [-0.2, -0.15) is 0 Å². The fraction of sp³-hybridized carbons (Fsp3) is 0.333. The SMILES string of the molecule is CC(C)CN1C(=O)/C(=C/c2ccc(C(C)(C)C)cc2)SC1=Nc1ccc(Cl)cc1. The van der Waals surface area contributed by atoms with Crippen LogP contribution in [0.5, 0.6) is 0 Å². The maximum absolute atomic E-state index is 13.1. The van der Waals surface area contributed by atoms with Gasteiger partial charge in [0.05, 0.1) is 10.6 Å². The average Bonchev–Trinajstić information content (AvgIpc) is 2.92. The number of amides is 1. The Hall–Kier alpha value is -2.04. The van der Waals surface area contributed by atoms with Crippen molar-refractivity contribution in [3.8, 4) is 0 Å². The molecule has 3 nitrogen and oxygen atoms in total. The van der Waals surface area contributed by atoms with E-state index in [1.807, 2.05) is 30.3 Å². The van der Waals surface area contributed by atoms with Gasteiger partial charge < -0.3 is 0 Å². The van der Waals surface area contributed by atoms with Crippen LogP contribution in [0.3, 0.4) is 0 Å². The van der Waals surface area contributed by atoms with Gasteiger partial charge in [-0.15, -0.1) is 0 Å². The predicted molar refractivity (Wildman–Crippen MR) is 126 cm³/mol. The maximum Gasteiger partial charge on any atom is 0.266 e. The molecule has 1 aliphatic rings. The molecular weight excluding hydrogens is 400 g/mol. The molecule has 3 rings (SSSR count). The number of amidine groups is 1. The van der Waals surface area contributed by atoms with Crippen molar-refractivity contribution in [1.29, 1.82) is 0 Å². The Morgan fingerprint density at radius 1 is 1.07 bits per heavy atom. The van der Waals surface area contributed by atoms with Gasteiger partial charge in [-0.3, -0.25) is 9.69 Å². The van der Waals surface area contributed by atoms with Crippen molar-refractivity contribution in [2.24, 2.45) is 10.9 Å². The van der Waals surface area contributed by atoms with Crippen molar-refractivity contribution < 1.29 is 4.79 Å². The van der Waals surface area contributed by atoms with Crippen molar-refractivity contribution in [3.05, 3.63) is 69.6 Å². The molecule has 0 bridgehead atoms. The summed E-state index contributed by atoms with van der Waals surface area (Å²) in [5.74, 6) is 0.358. The minimum Gasteiger partial charge on any atom is -0.286 e. The molecule has 1 aliphatic heterocycles. The number of aliphatic imine (C=N–C) groups is 1. The Bertz CT molecular complexity index is 938. The van der Waals surface area contributed by atoms with Crippen molar-refractivity contribution in [1.82, 2.24) is 4.90 Å². The lowest BCUT2D eigenvalue weighted by molar-refractivity contribution is -0.122. The number of rotatable bonds is 4. The molecule has 0 saturated carbocycles. The Morgan fingerprint density at radius 2 is 1.69 bits per heavy atom. The number of carbonyl (C=O) groups excluding carboxylic acids is 1. The van der Waals surface area contributed by atoms with Gasteiger partial charge in [0.1, 0.15) is 0 Å². The standard InChI is InChI=1S/C24H27ClN2OS/c1-16(2)15-27-22(28)21(14-17-6-8-18(9-7-17)24(3,4)5)29-23(27)26-20-12-10-19(25)11-13-20/h6-14,16H,15H2,1-5H3/b21-14-,26-23?. The summed E-state index contributed by atoms with van der Waals surface area (Å²) in [6.45, 7) is 11.4. The second kappa shape index (κ2) is 8.76. The molecule has 152 valence electrons. The average molecular weight is 427 g/mol. The zero-order valence-electron chi connectivity index (χ0n) is 17.6. The van der Waals surface area contributed by atoms with Crippen molar-refractivity contribution >= 4 is 46.2 Å². The van der Waals surface area contributed by atoms with Gasteiger partial charge in [0.15, 0.2) is 5.17 Å². The van der Waals surface area contributed by atoms with Gasteiger partial charge in [0.2, 0.25) is 0 Å². The molecule has 2 aromatic rings. The van der Waals surface area contributed by atoms with Gasteiger partial charge in [0.25, 0.3) is 5.91 Å². The molecule has 0 atom stereocenters. The topological polar surface area (TPSA) is 32.7 Å². The fourth-order valence-electron chi connectivity index (χ4n) is 2.97. The Kier molecular flexibility index (Phi) is 6.55. The summed E-state index contributed by atoms with van der Waals surface area (Å²) in [6, 6.07) is 15.7. The lowest BCUT2D eigenvalue weighted by Gasteiger charge is -2.18. The van der Waals surface area contributed by atoms with Crippen LogP contribution >= 0.6 is 23.4 Å². The number of halogens is 1. The van der Waals surface area contributed by atoms with Gasteiger partial charge in [0, 0.05) is 11.6 Å². The number of thioether (sulfide) groups is 1. The quantitative estimate of drug-likeness (QED) is 0.498. The molecule has 1 heterocycles. The molecule has 0 spiro atoms. The molecule has 0 aliphatic carbocycles. The normalized spacial score (nSPS) is 17.8. The van der Waals surface area contributed by atoms with E-state index in [1.165, 1.54) is 17.3 Å². The van der Waals surface area contributed by atoms with E-state index in [2.05, 4.69) is 58.9 Å². The number of benzene rings is 2. The van der Waals surface area contributed by atoms with Crippen molar-refractivity contribution in [2.75, 3.05) is 6.54 Å². The van der Waals surface area contributed by atoms with Crippen molar-refractivity contribution in [2.45, 2.75) is 40.0 Å². The summed E-state index contributed by atoms with van der Waals surface area (Å²) in [5.41, 5.74) is 3.19. The molecule has 1 saturated heterocycles. The zero-order valence-corrected chi connectivity index (χ0v) is 19.1. The molecule has 2 aromatic carbocycles. The number of nitrogens with zero attached hydrogens (tertiary/aromatic N) is 2. The first-order chi connectivity index (χ1) is 13.6. The molecule has 5 heteroatoms. The van der Waals surface area contributed by atoms with E-state index in [0.29, 0.717) is 27.6 Å². The number of carbonyl (C=O) groups is 1. The van der Waals surface area contributed by atoms with Crippen LogP contribution in [0.4, 0.5) is 5.69 Å². The molecule has 1 fully saturated rings. The highest BCUT2D eigenvalue weighted by Gasteiger charge is 2.33. The number of hydrogen-bond acceptors (Lipinski definition) is 3. The van der Waals surface area contributed by atoms with Crippen LogP contribution in [-0.4, -0.2) is 22.5 Å². The lowest BCUT2D eigenvalue weighted by Crippen LogP contribution is -2.32. The van der Waals surface area contributed by atoms with Crippen LogP contribution in [0.2, 0.25) is 5.02 Å². The molecule has 0 unspecified atom stereocenters. The van der Waals surface area contributed by atoms with E-state index in [4.69, 9.17) is 16.6 Å². The highest BCUT2D eigenvalue weighted by Crippen LogP contribution is 2.35. The van der Waals surface area contributed by atoms with E-state index in [1.54, 1.807) is 4.90 Å². The lowest BCUT2D eigenvalue weighted by atomic mass is 9.87. The largest absolute Gasteiger partial charge is 0.286 e. The van der Waals surface area contributed by atoms with E-state index in [-0.39, 0.29) is 11.3 Å². The summed E-state index contributed by atoms with van der Waals surface area (Å²) in [5, 5.41) is 1.38. The highest BCUT2D eigenvalue weighted by atomic mass is 35.5. The van der Waals surface area contributed by atoms with E-state index >= 15 is 0 Å². The third-order valence-corrected chi connectivity index (χ3v) is 5.82. The molecule has 0 radical (unpaired) electrons. The number of hydrogen-bond donors (Lipinski definition) is 0. The minimum absolute atomic E-state index is 0.0105. The minimum atomic E-state index is 0.0105. The molecule has 1 amide bonds. The Labute approximate surface area is 182 Å². The van der Waals surface area contributed by atoms with Crippen LogP contribution in [0.15, 0.2) is 58.4 Å². The summed E-state index contributed by atoms with van der Waals surface area (Å²) in [7, 11) is 0. The predicted octanol–water partition coefficient (Wildman–Crippen LogP) is 6.90. The monoisotopic (exact) mass is 426 g/mol. The summed E-state index contributed by atoms with van der Waals surface area (Å²) in [6.07, 6.45) is 1.96. The van der Waals surface area contributed by atoms with E-state index < -0.39 is 0 Å². The van der Waals surface area contributed by atoms with Crippen LogP contribution in [0.1, 0.15) is 45.7 Å². The first kappa shape index (κ1) is 21.7. The first-order valence-electron chi connectivity index (χ1n) is 9.80. The second-order valence-corrected chi connectivity index (χ2v) is 10.1. The smallest absolute Gasteiger partial charge is 0.266 e. The van der Waals surface area contributed by atoms with Crippen LogP contribution in [-0.2, 0) is 10.2 Å². The third-order valence-electron chi connectivity index (χ3n) is 4.56. The molecule has 0 aromatic heterocycles. The van der Waals surface area contributed by atoms with Gasteiger partial charge in [-0.1, -0.05) is 70.5 Å². The van der Waals surface area contributed by atoms with Crippen molar-refractivity contribution in [3.63, 3.8) is 0 Å². The molecular formula is C24H27ClN2OS. The van der Waals surface area contributed by atoms with E-state index in [0.717, 1.165) is 11.3 Å². The second-order valence-electron chi connectivity index (χ2n) is 8.66. The summed E-state index contributed by atoms with van der Waals surface area (Å²) >= 11 is 7.40. The van der Waals surface area contributed by atoms with Gasteiger partial charge in [-0.25, -0.2) is 4.99 Å². The Morgan fingerprint density at radius 3 is 2.24 bits per heavy atom. The van der Waals surface area contributed by atoms with Gasteiger partial charge >= 0.3 is 0 Å². The van der Waals surface area contributed by atoms with Crippen LogP contribution < -0.4 is 0 Å². The van der Waals surface area contributed by atoms with Crippen LogP contribution in [0, 0.1) is 5.92 Å². The van der Waals surface area contributed by atoms with Gasteiger partial charge in [-0.05, 0) is 64.6 Å². The highest BCUT2D eigenvalue weighted by molar-refractivity contribution is 8.18. The summed E-state index contributed by atoms with van der Waals surface area (Å²) in [4.78, 5) is 20.2. The molecule has 29 heavy (non-hydrogen) atoms. The first-order valence-corrected chi connectivity index (χ1v) is 11.0. The zero-order chi connectivity index (χ0) is 21.2. The summed E-state index contributed by atoms with van der Waals surface area (Å²) < 4.78 is 0. The fourth-order valence-corrected chi connectivity index (χ4v) is 4.11. The Balaban J connectivity index is 1.91.